The van der Waals surface area contributed by atoms with Gasteiger partial charge < -0.3 is 20.4 Å². The average Bonchev–Trinajstić information content (AvgIpc) is 3.14. The Labute approximate surface area is 158 Å². The Balaban J connectivity index is 1.46. The number of carbonyl (C=O) groups is 1. The number of nitrogens with one attached hydrogen (secondary N) is 2. The Morgan fingerprint density at radius 2 is 2.00 bits per heavy atom. The molecule has 2 bridgehead atoms. The molecule has 4 heterocycles. The lowest BCUT2D eigenvalue weighted by Crippen LogP contribution is -2.59. The molecule has 2 atom stereocenters. The zero-order valence-corrected chi connectivity index (χ0v) is 16.0. The third kappa shape index (κ3) is 3.67. The summed E-state index contributed by atoms with van der Waals surface area (Å²) >= 11 is 0. The lowest BCUT2D eigenvalue weighted by Gasteiger charge is -2.41. The molecule has 2 amide bonds. The molecule has 0 aromatic carbocycles. The molecule has 2 aliphatic heterocycles. The molecule has 2 N–H and O–H groups in total. The SMILES string of the molecule is CC(C)NC(=O)N1C2CC[C@H]1CN(c1ccnc(Nc3cnn(C)c3)n1)C2. The summed E-state index contributed by atoms with van der Waals surface area (Å²) in [6.45, 7) is 5.58. The minimum Gasteiger partial charge on any atom is -0.352 e. The molecule has 2 aromatic rings. The molecule has 9 heteroatoms. The molecular weight excluding hydrogens is 344 g/mol. The number of nitrogens with zero attached hydrogens (tertiary/aromatic N) is 6. The smallest absolute Gasteiger partial charge is 0.318 e. The van der Waals surface area contributed by atoms with Gasteiger partial charge in [-0.3, -0.25) is 4.68 Å². The second-order valence-electron chi connectivity index (χ2n) is 7.57. The van der Waals surface area contributed by atoms with Crippen LogP contribution in [-0.2, 0) is 7.05 Å². The van der Waals surface area contributed by atoms with Crippen LogP contribution in [0.15, 0.2) is 24.7 Å². The minimum absolute atomic E-state index is 0.0544. The molecule has 2 aromatic heterocycles. The van der Waals surface area contributed by atoms with E-state index in [2.05, 4.69) is 30.6 Å². The standard InChI is InChI=1S/C18H26N8O/c1-12(2)21-18(27)26-14-4-5-15(26)11-25(10-14)16-6-7-19-17(23-16)22-13-8-20-24(3)9-13/h6-9,12,14-15H,4-5,10-11H2,1-3H3,(H,21,27)(H,19,22,23)/t14-,15?/m0/s1. The van der Waals surface area contributed by atoms with Crippen LogP contribution in [0.2, 0.25) is 0 Å². The van der Waals surface area contributed by atoms with Gasteiger partial charge in [-0.1, -0.05) is 0 Å². The van der Waals surface area contributed by atoms with Gasteiger partial charge in [-0.05, 0) is 32.8 Å². The fourth-order valence-electron chi connectivity index (χ4n) is 3.94. The van der Waals surface area contributed by atoms with E-state index in [1.165, 1.54) is 0 Å². The fourth-order valence-corrected chi connectivity index (χ4v) is 3.94. The summed E-state index contributed by atoms with van der Waals surface area (Å²) < 4.78 is 1.73. The number of hydrogen-bond donors (Lipinski definition) is 2. The minimum atomic E-state index is 0.0544. The van der Waals surface area contributed by atoms with Crippen molar-refractivity contribution in [3.05, 3.63) is 24.7 Å². The van der Waals surface area contributed by atoms with E-state index < -0.39 is 0 Å². The van der Waals surface area contributed by atoms with Crippen molar-refractivity contribution in [2.24, 2.45) is 7.05 Å². The lowest BCUT2D eigenvalue weighted by atomic mass is 10.2. The predicted molar refractivity (Wildman–Crippen MR) is 103 cm³/mol. The summed E-state index contributed by atoms with van der Waals surface area (Å²) in [6, 6.07) is 2.59. The van der Waals surface area contributed by atoms with E-state index >= 15 is 0 Å². The van der Waals surface area contributed by atoms with Gasteiger partial charge in [-0.2, -0.15) is 10.1 Å². The van der Waals surface area contributed by atoms with Crippen LogP contribution in [0.3, 0.4) is 0 Å². The van der Waals surface area contributed by atoms with E-state index in [0.717, 1.165) is 37.4 Å². The van der Waals surface area contributed by atoms with E-state index in [4.69, 9.17) is 0 Å². The lowest BCUT2D eigenvalue weighted by molar-refractivity contribution is 0.160. The molecule has 27 heavy (non-hydrogen) atoms. The van der Waals surface area contributed by atoms with Gasteiger partial charge in [0.2, 0.25) is 5.95 Å². The molecule has 2 fully saturated rings. The maximum Gasteiger partial charge on any atom is 0.318 e. The number of aromatic nitrogens is 4. The number of aryl methyl sites for hydroxylation is 1. The molecule has 4 rings (SSSR count). The normalized spacial score (nSPS) is 21.6. The number of carbonyl (C=O) groups excluding carboxylic acids is 1. The molecule has 1 unspecified atom stereocenters. The number of rotatable bonds is 4. The number of anilines is 3. The second kappa shape index (κ2) is 7.05. The zero-order chi connectivity index (χ0) is 19.0. The Hall–Kier alpha value is -2.84. The molecular formula is C18H26N8O. The summed E-state index contributed by atoms with van der Waals surface area (Å²) in [5.74, 6) is 1.44. The van der Waals surface area contributed by atoms with Gasteiger partial charge in [-0.15, -0.1) is 0 Å². The van der Waals surface area contributed by atoms with Gasteiger partial charge in [0, 0.05) is 38.6 Å². The van der Waals surface area contributed by atoms with E-state index in [0.29, 0.717) is 5.95 Å². The van der Waals surface area contributed by atoms with Gasteiger partial charge in [0.25, 0.3) is 0 Å². The molecule has 9 nitrogen and oxygen atoms in total. The highest BCUT2D eigenvalue weighted by molar-refractivity contribution is 5.76. The summed E-state index contributed by atoms with van der Waals surface area (Å²) in [7, 11) is 1.87. The van der Waals surface area contributed by atoms with Crippen molar-refractivity contribution in [3.63, 3.8) is 0 Å². The summed E-state index contributed by atoms with van der Waals surface area (Å²) in [4.78, 5) is 25.8. The average molecular weight is 370 g/mol. The summed E-state index contributed by atoms with van der Waals surface area (Å²) in [5.41, 5.74) is 0.852. The molecule has 0 spiro atoms. The van der Waals surface area contributed by atoms with Crippen LogP contribution in [0.1, 0.15) is 26.7 Å². The van der Waals surface area contributed by atoms with Gasteiger partial charge >= 0.3 is 6.03 Å². The maximum atomic E-state index is 12.5. The predicted octanol–water partition coefficient (Wildman–Crippen LogP) is 1.72. The molecule has 144 valence electrons. The summed E-state index contributed by atoms with van der Waals surface area (Å²) in [5, 5.41) is 10.4. The zero-order valence-electron chi connectivity index (χ0n) is 16.0. The molecule has 0 radical (unpaired) electrons. The topological polar surface area (TPSA) is 91.2 Å². The second-order valence-corrected chi connectivity index (χ2v) is 7.57. The Morgan fingerprint density at radius 3 is 2.63 bits per heavy atom. The highest BCUT2D eigenvalue weighted by atomic mass is 16.2. The summed E-state index contributed by atoms with van der Waals surface area (Å²) in [6.07, 6.45) is 7.46. The van der Waals surface area contributed by atoms with Gasteiger partial charge in [0.15, 0.2) is 0 Å². The van der Waals surface area contributed by atoms with Gasteiger partial charge in [0.1, 0.15) is 5.82 Å². The van der Waals surface area contributed by atoms with Crippen molar-refractivity contribution in [2.45, 2.75) is 44.8 Å². The molecule has 2 aliphatic rings. The monoisotopic (exact) mass is 370 g/mol. The van der Waals surface area contributed by atoms with Crippen molar-refractivity contribution in [2.75, 3.05) is 23.3 Å². The van der Waals surface area contributed by atoms with E-state index in [-0.39, 0.29) is 24.2 Å². The van der Waals surface area contributed by atoms with Crippen LogP contribution in [0.25, 0.3) is 0 Å². The van der Waals surface area contributed by atoms with E-state index in [9.17, 15) is 4.79 Å². The van der Waals surface area contributed by atoms with Crippen LogP contribution in [-0.4, -0.2) is 61.9 Å². The van der Waals surface area contributed by atoms with Gasteiger partial charge in [0.05, 0.1) is 24.0 Å². The van der Waals surface area contributed by atoms with Crippen LogP contribution in [0.5, 0.6) is 0 Å². The quantitative estimate of drug-likeness (QED) is 0.852. The third-order valence-electron chi connectivity index (χ3n) is 5.05. The molecule has 0 aliphatic carbocycles. The maximum absolute atomic E-state index is 12.5. The first-order valence-electron chi connectivity index (χ1n) is 9.42. The highest BCUT2D eigenvalue weighted by Crippen LogP contribution is 2.32. The first-order chi connectivity index (χ1) is 13.0. The van der Waals surface area contributed by atoms with Crippen molar-refractivity contribution in [1.29, 1.82) is 0 Å². The van der Waals surface area contributed by atoms with Crippen LogP contribution >= 0.6 is 0 Å². The fraction of sp³-hybridized carbons (Fsp3) is 0.556. The van der Waals surface area contributed by atoms with Crippen molar-refractivity contribution >= 4 is 23.5 Å². The van der Waals surface area contributed by atoms with E-state index in [1.54, 1.807) is 17.1 Å². The van der Waals surface area contributed by atoms with Crippen molar-refractivity contribution in [3.8, 4) is 0 Å². The van der Waals surface area contributed by atoms with Crippen LogP contribution in [0, 0.1) is 0 Å². The van der Waals surface area contributed by atoms with Crippen molar-refractivity contribution in [1.82, 2.24) is 30.0 Å². The Morgan fingerprint density at radius 1 is 1.26 bits per heavy atom. The number of amides is 2. The molecule has 0 saturated carbocycles. The number of urea groups is 1. The Bertz CT molecular complexity index is 805. The largest absolute Gasteiger partial charge is 0.352 e. The third-order valence-corrected chi connectivity index (χ3v) is 5.05. The number of piperazine rings is 1. The number of hydrogen-bond acceptors (Lipinski definition) is 6. The first kappa shape index (κ1) is 17.6. The van der Waals surface area contributed by atoms with E-state index in [1.807, 2.05) is 38.1 Å². The first-order valence-corrected chi connectivity index (χ1v) is 9.42. The van der Waals surface area contributed by atoms with Crippen molar-refractivity contribution < 1.29 is 4.79 Å². The highest BCUT2D eigenvalue weighted by Gasteiger charge is 2.43. The van der Waals surface area contributed by atoms with Gasteiger partial charge in [-0.25, -0.2) is 9.78 Å². The number of fused-ring (bicyclic) bond motifs is 2. The molecule has 2 saturated heterocycles. The van der Waals surface area contributed by atoms with Crippen LogP contribution in [0.4, 0.5) is 22.2 Å². The Kier molecular flexibility index (Phi) is 4.59. The van der Waals surface area contributed by atoms with Crippen LogP contribution < -0.4 is 15.5 Å².